The number of fused-ring (bicyclic) bond motifs is 4. The van der Waals surface area contributed by atoms with E-state index in [9.17, 15) is 5.11 Å². The number of hydrogen-bond acceptors (Lipinski definition) is 4. The standard InChI is InChI=1S/C56H47N3O2/c1-55(2,3)39-33-45(52(60)46(34-39)56(4,5)6)54-58-51-41(44-32-38(47-24-15-16-29-57-47)31-43-40-22-13-14-26-50(40)61-53(43)44)23-17-25-49(51)59(54)48-28-27-37(35-18-9-7-10-19-35)30-42(48)36-20-11-8-12-21-36/h7-34,60H,1-6H3. The Hall–Kier alpha value is -7.24. The molecule has 0 radical (unpaired) electrons. The molecule has 10 aromatic rings. The maximum absolute atomic E-state index is 12.5. The van der Waals surface area contributed by atoms with Crippen molar-refractivity contribution in [1.29, 1.82) is 0 Å². The van der Waals surface area contributed by atoms with E-state index in [4.69, 9.17) is 14.4 Å². The van der Waals surface area contributed by atoms with Crippen molar-refractivity contribution in [3.63, 3.8) is 0 Å². The minimum Gasteiger partial charge on any atom is -0.507 e. The molecule has 5 heteroatoms. The van der Waals surface area contributed by atoms with Crippen molar-refractivity contribution in [2.24, 2.45) is 0 Å². The number of benzene rings is 7. The number of rotatable bonds is 6. The number of pyridine rings is 1. The molecule has 0 fully saturated rings. The Bertz CT molecular complexity index is 3260. The van der Waals surface area contributed by atoms with Crippen LogP contribution in [0.4, 0.5) is 0 Å². The van der Waals surface area contributed by atoms with Gasteiger partial charge in [-0.3, -0.25) is 9.55 Å². The number of furan rings is 1. The van der Waals surface area contributed by atoms with Crippen molar-refractivity contribution in [2.45, 2.75) is 52.4 Å². The molecule has 0 unspecified atom stereocenters. The number of hydrogen-bond donors (Lipinski definition) is 1. The van der Waals surface area contributed by atoms with Crippen LogP contribution in [0.25, 0.3) is 94.7 Å². The first-order valence-electron chi connectivity index (χ1n) is 21.0. The number of phenolic OH excluding ortho intramolecular Hbond substituents is 1. The van der Waals surface area contributed by atoms with Crippen LogP contribution in [0.1, 0.15) is 52.7 Å². The average molecular weight is 794 g/mol. The van der Waals surface area contributed by atoms with Crippen molar-refractivity contribution >= 4 is 33.0 Å². The second kappa shape index (κ2) is 14.5. The van der Waals surface area contributed by atoms with Crippen LogP contribution in [-0.4, -0.2) is 19.6 Å². The van der Waals surface area contributed by atoms with Gasteiger partial charge in [-0.15, -0.1) is 0 Å². The third-order valence-electron chi connectivity index (χ3n) is 11.9. The fourth-order valence-electron chi connectivity index (χ4n) is 8.65. The monoisotopic (exact) mass is 793 g/mol. The summed E-state index contributed by atoms with van der Waals surface area (Å²) in [6.07, 6.45) is 1.83. The lowest BCUT2D eigenvalue weighted by Gasteiger charge is -2.27. The Morgan fingerprint density at radius 3 is 1.95 bits per heavy atom. The van der Waals surface area contributed by atoms with Gasteiger partial charge in [0.1, 0.15) is 22.7 Å². The highest BCUT2D eigenvalue weighted by atomic mass is 16.3. The maximum atomic E-state index is 12.5. The van der Waals surface area contributed by atoms with Gasteiger partial charge >= 0.3 is 0 Å². The fraction of sp³-hybridized carbons (Fsp3) is 0.143. The van der Waals surface area contributed by atoms with Crippen molar-refractivity contribution in [2.75, 3.05) is 0 Å². The first-order valence-corrected chi connectivity index (χ1v) is 21.0. The quantitative estimate of drug-likeness (QED) is 0.182. The van der Waals surface area contributed by atoms with Crippen LogP contribution in [0.2, 0.25) is 0 Å². The Morgan fingerprint density at radius 1 is 0.525 bits per heavy atom. The van der Waals surface area contributed by atoms with Gasteiger partial charge in [-0.25, -0.2) is 4.98 Å². The summed E-state index contributed by atoms with van der Waals surface area (Å²) >= 11 is 0. The van der Waals surface area contributed by atoms with Gasteiger partial charge in [-0.1, -0.05) is 151 Å². The Labute approximate surface area is 356 Å². The summed E-state index contributed by atoms with van der Waals surface area (Å²) in [7, 11) is 0. The summed E-state index contributed by atoms with van der Waals surface area (Å²) in [5.41, 5.74) is 14.5. The molecule has 0 aliphatic carbocycles. The van der Waals surface area contributed by atoms with Crippen LogP contribution in [0.3, 0.4) is 0 Å². The highest BCUT2D eigenvalue weighted by Crippen LogP contribution is 2.47. The van der Waals surface area contributed by atoms with Crippen molar-refractivity contribution in [1.82, 2.24) is 14.5 Å². The van der Waals surface area contributed by atoms with E-state index < -0.39 is 0 Å². The third kappa shape index (κ3) is 6.67. The van der Waals surface area contributed by atoms with Gasteiger partial charge in [0, 0.05) is 44.8 Å². The molecule has 0 atom stereocenters. The van der Waals surface area contributed by atoms with Crippen LogP contribution in [0.5, 0.6) is 5.75 Å². The smallest absolute Gasteiger partial charge is 0.149 e. The molecule has 10 rings (SSSR count). The predicted molar refractivity (Wildman–Crippen MR) is 252 cm³/mol. The zero-order valence-corrected chi connectivity index (χ0v) is 35.4. The molecule has 0 amide bonds. The number of aromatic nitrogens is 3. The second-order valence-corrected chi connectivity index (χ2v) is 18.0. The number of aromatic hydroxyl groups is 1. The Morgan fingerprint density at radius 2 is 1.23 bits per heavy atom. The van der Waals surface area contributed by atoms with Gasteiger partial charge in [-0.05, 0) is 87.7 Å². The van der Waals surface area contributed by atoms with Gasteiger partial charge < -0.3 is 9.52 Å². The second-order valence-electron chi connectivity index (χ2n) is 18.0. The first kappa shape index (κ1) is 38.0. The van der Waals surface area contributed by atoms with Gasteiger partial charge in [0.15, 0.2) is 0 Å². The molecule has 298 valence electrons. The van der Waals surface area contributed by atoms with Gasteiger partial charge in [0.2, 0.25) is 0 Å². The number of imidazole rings is 1. The summed E-state index contributed by atoms with van der Waals surface area (Å²) < 4.78 is 9.00. The van der Waals surface area contributed by atoms with Gasteiger partial charge in [0.05, 0.1) is 28.0 Å². The highest BCUT2D eigenvalue weighted by Gasteiger charge is 2.30. The highest BCUT2D eigenvalue weighted by molar-refractivity contribution is 6.13. The molecular formula is C56H47N3O2. The summed E-state index contributed by atoms with van der Waals surface area (Å²) in [6, 6.07) is 57.0. The van der Waals surface area contributed by atoms with Crippen LogP contribution in [-0.2, 0) is 10.8 Å². The largest absolute Gasteiger partial charge is 0.507 e. The van der Waals surface area contributed by atoms with E-state index in [1.54, 1.807) is 0 Å². The molecule has 0 saturated carbocycles. The van der Waals surface area contributed by atoms with E-state index in [2.05, 4.69) is 174 Å². The van der Waals surface area contributed by atoms with Crippen molar-refractivity contribution in [3.05, 3.63) is 181 Å². The number of para-hydroxylation sites is 2. The fourth-order valence-corrected chi connectivity index (χ4v) is 8.65. The summed E-state index contributed by atoms with van der Waals surface area (Å²) in [5.74, 6) is 0.889. The molecule has 7 aromatic carbocycles. The van der Waals surface area contributed by atoms with E-state index in [0.717, 1.165) is 94.4 Å². The lowest BCUT2D eigenvalue weighted by atomic mass is 9.79. The zero-order chi connectivity index (χ0) is 42.0. The average Bonchev–Trinajstić information content (AvgIpc) is 3.85. The van der Waals surface area contributed by atoms with E-state index in [0.29, 0.717) is 11.4 Å². The number of phenols is 1. The van der Waals surface area contributed by atoms with Crippen LogP contribution in [0.15, 0.2) is 174 Å². The topological polar surface area (TPSA) is 64.1 Å². The molecule has 0 saturated heterocycles. The molecule has 0 aliphatic heterocycles. The van der Waals surface area contributed by atoms with E-state index in [1.807, 2.05) is 42.6 Å². The third-order valence-corrected chi connectivity index (χ3v) is 11.9. The minimum absolute atomic E-state index is 0.199. The molecule has 0 spiro atoms. The van der Waals surface area contributed by atoms with Crippen LogP contribution in [0, 0.1) is 0 Å². The van der Waals surface area contributed by atoms with Gasteiger partial charge in [0.25, 0.3) is 0 Å². The van der Waals surface area contributed by atoms with Crippen LogP contribution < -0.4 is 0 Å². The molecule has 0 aliphatic rings. The Balaban J connectivity index is 1.34. The van der Waals surface area contributed by atoms with Gasteiger partial charge in [-0.2, -0.15) is 0 Å². The van der Waals surface area contributed by atoms with E-state index >= 15 is 0 Å². The molecular weight excluding hydrogens is 747 g/mol. The minimum atomic E-state index is -0.340. The molecule has 3 aromatic heterocycles. The predicted octanol–water partition coefficient (Wildman–Crippen LogP) is 15.0. The van der Waals surface area contributed by atoms with Crippen molar-refractivity contribution in [3.8, 4) is 67.5 Å². The lowest BCUT2D eigenvalue weighted by Crippen LogP contribution is -2.17. The van der Waals surface area contributed by atoms with E-state index in [-0.39, 0.29) is 16.6 Å². The Kier molecular flexibility index (Phi) is 9.03. The molecule has 1 N–H and O–H groups in total. The number of nitrogens with zero attached hydrogens (tertiary/aromatic N) is 3. The van der Waals surface area contributed by atoms with E-state index in [1.165, 1.54) is 0 Å². The first-order chi connectivity index (χ1) is 29.4. The maximum Gasteiger partial charge on any atom is 0.149 e. The molecule has 5 nitrogen and oxygen atoms in total. The molecule has 3 heterocycles. The molecule has 0 bridgehead atoms. The molecule has 61 heavy (non-hydrogen) atoms. The van der Waals surface area contributed by atoms with Crippen molar-refractivity contribution < 1.29 is 9.52 Å². The summed E-state index contributed by atoms with van der Waals surface area (Å²) in [6.45, 7) is 13.1. The van der Waals surface area contributed by atoms with Crippen LogP contribution >= 0.6 is 0 Å². The summed E-state index contributed by atoms with van der Waals surface area (Å²) in [4.78, 5) is 10.4. The summed E-state index contributed by atoms with van der Waals surface area (Å²) in [5, 5.41) is 14.6. The SMILES string of the molecule is CC(C)(C)c1cc(-c2nc3c(-c4cc(-c5ccccn5)cc5c4oc4ccccc45)cccc3n2-c2ccc(-c3ccccc3)cc2-c2ccccc2)c(O)c(C(C)(C)C)c1. The zero-order valence-electron chi connectivity index (χ0n) is 35.4. The lowest BCUT2D eigenvalue weighted by molar-refractivity contribution is 0.446. The normalized spacial score (nSPS) is 12.2.